The number of hydrogen-bond donors (Lipinski definition) is 2. The van der Waals surface area contributed by atoms with Crippen LogP contribution >= 0.6 is 0 Å². The molecule has 1 amide bonds. The molecule has 2 aromatic carbocycles. The lowest BCUT2D eigenvalue weighted by Crippen LogP contribution is -2.65. The Kier molecular flexibility index (Phi) is 4.57. The van der Waals surface area contributed by atoms with Gasteiger partial charge in [-0.05, 0) is 44.1 Å². The fraction of sp³-hybridized carbons (Fsp3) is 0.393. The van der Waals surface area contributed by atoms with Gasteiger partial charge in [0.1, 0.15) is 17.8 Å². The van der Waals surface area contributed by atoms with Gasteiger partial charge in [-0.15, -0.1) is 0 Å². The van der Waals surface area contributed by atoms with Crippen LogP contribution in [0, 0.1) is 0 Å². The van der Waals surface area contributed by atoms with Crippen molar-refractivity contribution >= 4 is 39.1 Å². The topological polar surface area (TPSA) is 89.6 Å². The molecule has 3 unspecified atom stereocenters. The zero-order chi connectivity index (χ0) is 24.7. The Balaban J connectivity index is 1.35. The Morgan fingerprint density at radius 1 is 1.03 bits per heavy atom. The van der Waals surface area contributed by atoms with E-state index in [4.69, 9.17) is 9.72 Å². The first-order chi connectivity index (χ1) is 18.2. The van der Waals surface area contributed by atoms with E-state index in [1.807, 2.05) is 29.3 Å². The van der Waals surface area contributed by atoms with Crippen LogP contribution in [0.25, 0.3) is 21.8 Å². The number of carbonyl (C=O) groups excluding carboxylic acids is 1. The summed E-state index contributed by atoms with van der Waals surface area (Å²) in [5.74, 6) is 0.701. The van der Waals surface area contributed by atoms with Crippen LogP contribution in [0.2, 0.25) is 0 Å². The second-order valence-electron chi connectivity index (χ2n) is 10.7. The Morgan fingerprint density at radius 2 is 1.92 bits per heavy atom. The van der Waals surface area contributed by atoms with E-state index in [0.29, 0.717) is 19.0 Å². The van der Waals surface area contributed by atoms with E-state index in [0.717, 1.165) is 64.7 Å². The summed E-state index contributed by atoms with van der Waals surface area (Å²) in [5, 5.41) is 13.1. The van der Waals surface area contributed by atoms with Gasteiger partial charge in [-0.2, -0.15) is 5.10 Å². The number of nitrogens with zero attached hydrogens (tertiary/aromatic N) is 5. The molecule has 8 rings (SSSR count). The second-order valence-corrected chi connectivity index (χ2v) is 10.7. The highest BCUT2D eigenvalue weighted by molar-refractivity contribution is 6.14. The molecule has 2 N–H and O–H groups in total. The zero-order valence-corrected chi connectivity index (χ0v) is 20.7. The number of likely N-dealkylation sites (tertiary alicyclic amines) is 1. The second kappa shape index (κ2) is 7.90. The predicted octanol–water partition coefficient (Wildman–Crippen LogP) is 2.83. The Bertz CT molecular complexity index is 1550. The molecule has 9 heteroatoms. The van der Waals surface area contributed by atoms with Crippen LogP contribution in [-0.2, 0) is 4.79 Å². The highest BCUT2D eigenvalue weighted by Crippen LogP contribution is 2.52. The summed E-state index contributed by atoms with van der Waals surface area (Å²) < 4.78 is 6.66. The molecule has 0 bridgehead atoms. The number of rotatable bonds is 2. The SMILES string of the molecule is CN1CCC[C@H]1C1CN2C(=O)C3CNCC(c4cccc5[nH]ncc45)N3c3c2c(nc2ccccc32)O1. The fourth-order valence-electron chi connectivity index (χ4n) is 7.02. The van der Waals surface area contributed by atoms with Crippen LogP contribution in [0.5, 0.6) is 5.88 Å². The number of fused-ring (bicyclic) bond motifs is 5. The van der Waals surface area contributed by atoms with Crippen molar-refractivity contribution in [3.8, 4) is 5.88 Å². The van der Waals surface area contributed by atoms with Crippen LogP contribution in [0.15, 0.2) is 48.7 Å². The van der Waals surface area contributed by atoms with Crippen molar-refractivity contribution in [2.45, 2.75) is 37.1 Å². The van der Waals surface area contributed by atoms with Crippen molar-refractivity contribution in [2.24, 2.45) is 0 Å². The molecule has 37 heavy (non-hydrogen) atoms. The van der Waals surface area contributed by atoms with Crippen LogP contribution < -0.4 is 19.9 Å². The van der Waals surface area contributed by atoms with E-state index in [-0.39, 0.29) is 30.1 Å². The number of aromatic amines is 1. The van der Waals surface area contributed by atoms with Gasteiger partial charge < -0.3 is 19.9 Å². The Morgan fingerprint density at radius 3 is 2.81 bits per heavy atom. The maximum absolute atomic E-state index is 14.2. The molecule has 4 aliphatic rings. The van der Waals surface area contributed by atoms with Gasteiger partial charge in [0.25, 0.3) is 5.91 Å². The third kappa shape index (κ3) is 3.01. The van der Waals surface area contributed by atoms with Gasteiger partial charge in [-0.1, -0.05) is 30.3 Å². The van der Waals surface area contributed by atoms with Gasteiger partial charge in [0.15, 0.2) is 0 Å². The van der Waals surface area contributed by atoms with Crippen molar-refractivity contribution in [1.82, 2.24) is 25.4 Å². The van der Waals surface area contributed by atoms with Crippen molar-refractivity contribution < 1.29 is 9.53 Å². The summed E-state index contributed by atoms with van der Waals surface area (Å²) >= 11 is 0. The van der Waals surface area contributed by atoms with Crippen molar-refractivity contribution in [1.29, 1.82) is 0 Å². The standard InChI is InChI=1S/C28H29N7O2/c1-33-11-5-10-21(33)24-15-34-26-25(17-6-2-3-8-19(17)31-27(26)37-24)35-22(13-29-14-23(35)28(34)36)16-7-4-9-20-18(16)12-30-32-20/h2-4,6-9,12,21-24,29H,5,10-11,13-15H2,1H3,(H,30,32)/t21-,22?,23?,24?/m0/s1. The molecule has 188 valence electrons. The molecule has 2 fully saturated rings. The van der Waals surface area contributed by atoms with E-state index >= 15 is 0 Å². The number of H-pyrrole nitrogens is 1. The molecule has 0 spiro atoms. The van der Waals surface area contributed by atoms with Crippen LogP contribution in [-0.4, -0.2) is 77.4 Å². The van der Waals surface area contributed by atoms with Gasteiger partial charge in [0.05, 0.1) is 35.5 Å². The van der Waals surface area contributed by atoms with E-state index < -0.39 is 0 Å². The summed E-state index contributed by atoms with van der Waals surface area (Å²) in [5.41, 5.74) is 4.92. The molecule has 2 saturated heterocycles. The number of amides is 1. The molecule has 6 heterocycles. The lowest BCUT2D eigenvalue weighted by atomic mass is 9.91. The summed E-state index contributed by atoms with van der Waals surface area (Å²) in [4.78, 5) is 25.9. The number of anilines is 2. The summed E-state index contributed by atoms with van der Waals surface area (Å²) in [6, 6.07) is 14.4. The molecule has 0 saturated carbocycles. The van der Waals surface area contributed by atoms with Gasteiger partial charge in [-0.3, -0.25) is 14.8 Å². The van der Waals surface area contributed by atoms with Crippen LogP contribution in [0.1, 0.15) is 24.4 Å². The first kappa shape index (κ1) is 21.4. The first-order valence-electron chi connectivity index (χ1n) is 13.2. The van der Waals surface area contributed by atoms with Crippen LogP contribution in [0.3, 0.4) is 0 Å². The number of aromatic nitrogens is 3. The van der Waals surface area contributed by atoms with Gasteiger partial charge >= 0.3 is 0 Å². The molecule has 0 aliphatic carbocycles. The average molecular weight is 496 g/mol. The highest BCUT2D eigenvalue weighted by Gasteiger charge is 2.50. The molecular formula is C28H29N7O2. The summed E-state index contributed by atoms with van der Waals surface area (Å²) in [6.07, 6.45) is 4.02. The molecule has 4 aliphatic heterocycles. The Labute approximate surface area is 214 Å². The summed E-state index contributed by atoms with van der Waals surface area (Å²) in [7, 11) is 2.15. The van der Waals surface area contributed by atoms with E-state index in [1.165, 1.54) is 0 Å². The van der Waals surface area contributed by atoms with Gasteiger partial charge in [0.2, 0.25) is 5.88 Å². The molecule has 0 radical (unpaired) electrons. The normalized spacial score (nSPS) is 27.4. The van der Waals surface area contributed by atoms with Gasteiger partial charge in [-0.25, -0.2) is 4.98 Å². The van der Waals surface area contributed by atoms with E-state index in [9.17, 15) is 4.79 Å². The third-order valence-corrected chi connectivity index (χ3v) is 8.74. The van der Waals surface area contributed by atoms with Crippen LogP contribution in [0.4, 0.5) is 11.4 Å². The molecule has 9 nitrogen and oxygen atoms in total. The molecular weight excluding hydrogens is 466 g/mol. The Hall–Kier alpha value is -3.69. The average Bonchev–Trinajstić information content (AvgIpc) is 3.59. The number of pyridine rings is 1. The number of piperazine rings is 1. The van der Waals surface area contributed by atoms with Crippen molar-refractivity contribution in [3.05, 3.63) is 54.2 Å². The van der Waals surface area contributed by atoms with E-state index in [2.05, 4.69) is 56.6 Å². The minimum Gasteiger partial charge on any atom is -0.469 e. The minimum absolute atomic E-state index is 0.0419. The van der Waals surface area contributed by atoms with Crippen molar-refractivity contribution in [2.75, 3.05) is 43.0 Å². The number of likely N-dealkylation sites (N-methyl/N-ethyl adjacent to an activating group) is 1. The molecule has 2 aromatic heterocycles. The third-order valence-electron chi connectivity index (χ3n) is 8.74. The maximum Gasteiger partial charge on any atom is 0.251 e. The van der Waals surface area contributed by atoms with Gasteiger partial charge in [0, 0.05) is 29.9 Å². The number of benzene rings is 2. The molecule has 4 atom stereocenters. The number of hydrogen-bond acceptors (Lipinski definition) is 7. The van der Waals surface area contributed by atoms with Crippen molar-refractivity contribution in [3.63, 3.8) is 0 Å². The monoisotopic (exact) mass is 495 g/mol. The quantitative estimate of drug-likeness (QED) is 0.442. The highest BCUT2D eigenvalue weighted by atomic mass is 16.5. The molecule has 4 aromatic rings. The number of ether oxygens (including phenoxy) is 1. The number of nitrogens with one attached hydrogen (secondary N) is 2. The smallest absolute Gasteiger partial charge is 0.251 e. The lowest BCUT2D eigenvalue weighted by Gasteiger charge is -2.52. The number of para-hydroxylation sites is 1. The largest absolute Gasteiger partial charge is 0.469 e. The summed E-state index contributed by atoms with van der Waals surface area (Å²) in [6.45, 7) is 2.95. The van der Waals surface area contributed by atoms with E-state index in [1.54, 1.807) is 0 Å². The maximum atomic E-state index is 14.2. The number of carbonyl (C=O) groups is 1. The minimum atomic E-state index is -0.313. The lowest BCUT2D eigenvalue weighted by molar-refractivity contribution is -0.121. The first-order valence-corrected chi connectivity index (χ1v) is 13.2. The fourth-order valence-corrected chi connectivity index (χ4v) is 7.02. The predicted molar refractivity (Wildman–Crippen MR) is 142 cm³/mol. The zero-order valence-electron chi connectivity index (χ0n) is 20.7.